The second-order valence-corrected chi connectivity index (χ2v) is 6.52. The van der Waals surface area contributed by atoms with Crippen LogP contribution in [0.25, 0.3) is 0 Å². The molecular weight excluding hydrogens is 246 g/mol. The fraction of sp³-hybridized carbons (Fsp3) is 0.824. The molecule has 112 valence electrons. The molecule has 1 heterocycles. The van der Waals surface area contributed by atoms with E-state index >= 15 is 0 Å². The van der Waals surface area contributed by atoms with Crippen LogP contribution < -0.4 is 5.32 Å². The highest BCUT2D eigenvalue weighted by Crippen LogP contribution is 2.31. The Kier molecular flexibility index (Phi) is 4.77. The number of nitrogens with one attached hydrogen (secondary N) is 1. The van der Waals surface area contributed by atoms with E-state index in [0.29, 0.717) is 12.1 Å². The maximum Gasteiger partial charge on any atom is 0.0954 e. The normalized spacial score (nSPS) is 27.1. The molecule has 1 saturated carbocycles. The van der Waals surface area contributed by atoms with Crippen molar-refractivity contribution >= 4 is 0 Å². The van der Waals surface area contributed by atoms with E-state index in [4.69, 9.17) is 4.98 Å². The van der Waals surface area contributed by atoms with Gasteiger partial charge in [-0.3, -0.25) is 0 Å². The lowest BCUT2D eigenvalue weighted by molar-refractivity contribution is 0.323. The smallest absolute Gasteiger partial charge is 0.0954 e. The van der Waals surface area contributed by atoms with E-state index in [1.54, 1.807) is 5.69 Å². The lowest BCUT2D eigenvalue weighted by atomic mass is 9.98. The van der Waals surface area contributed by atoms with Gasteiger partial charge < -0.3 is 9.88 Å². The zero-order valence-electron chi connectivity index (χ0n) is 12.9. The van der Waals surface area contributed by atoms with Crippen LogP contribution in [0.5, 0.6) is 0 Å². The lowest BCUT2D eigenvalue weighted by Crippen LogP contribution is -2.38. The summed E-state index contributed by atoms with van der Waals surface area (Å²) in [5.41, 5.74) is 2.93. The van der Waals surface area contributed by atoms with Crippen molar-refractivity contribution in [2.75, 3.05) is 6.54 Å². The summed E-state index contributed by atoms with van der Waals surface area (Å²) in [6.07, 6.45) is 15.3. The fourth-order valence-electron chi connectivity index (χ4n) is 3.97. The molecule has 3 nitrogen and oxygen atoms in total. The Morgan fingerprint density at radius 1 is 1.15 bits per heavy atom. The molecule has 0 aromatic carbocycles. The summed E-state index contributed by atoms with van der Waals surface area (Å²) >= 11 is 0. The molecule has 2 atom stereocenters. The van der Waals surface area contributed by atoms with Crippen molar-refractivity contribution in [3.05, 3.63) is 17.7 Å². The third kappa shape index (κ3) is 2.93. The van der Waals surface area contributed by atoms with Crippen LogP contribution in [-0.4, -0.2) is 22.1 Å². The molecular formula is C17H29N3. The summed E-state index contributed by atoms with van der Waals surface area (Å²) < 4.78 is 2.55. The number of nitrogens with zero attached hydrogens (tertiary/aromatic N) is 2. The average molecular weight is 275 g/mol. The maximum absolute atomic E-state index is 4.71. The van der Waals surface area contributed by atoms with Gasteiger partial charge in [-0.15, -0.1) is 0 Å². The standard InChI is InChI=1S/C17H29N3/c1-2-12-18-14-8-4-3-5-10-16(14)20-13-19-15-9-6-7-11-17(15)20/h13-14,16,18H,2-12H2,1H3. The Morgan fingerprint density at radius 2 is 2.00 bits per heavy atom. The molecule has 3 rings (SSSR count). The van der Waals surface area contributed by atoms with Crippen LogP contribution in [0.4, 0.5) is 0 Å². The van der Waals surface area contributed by atoms with E-state index in [2.05, 4.69) is 23.1 Å². The number of rotatable bonds is 4. The van der Waals surface area contributed by atoms with Gasteiger partial charge in [0.25, 0.3) is 0 Å². The summed E-state index contributed by atoms with van der Waals surface area (Å²) in [6, 6.07) is 1.29. The third-order valence-electron chi connectivity index (χ3n) is 5.05. The SMILES string of the molecule is CCCNC1CCCCCC1n1cnc2c1CCCC2. The van der Waals surface area contributed by atoms with Crippen molar-refractivity contribution < 1.29 is 0 Å². The summed E-state index contributed by atoms with van der Waals surface area (Å²) in [7, 11) is 0. The highest BCUT2D eigenvalue weighted by molar-refractivity contribution is 5.18. The molecule has 1 N–H and O–H groups in total. The fourth-order valence-corrected chi connectivity index (χ4v) is 3.97. The Balaban J connectivity index is 1.82. The first-order chi connectivity index (χ1) is 9.90. The second kappa shape index (κ2) is 6.75. The second-order valence-electron chi connectivity index (χ2n) is 6.52. The van der Waals surface area contributed by atoms with Crippen molar-refractivity contribution in [3.8, 4) is 0 Å². The number of hydrogen-bond donors (Lipinski definition) is 1. The molecule has 0 saturated heterocycles. The van der Waals surface area contributed by atoms with Gasteiger partial charge >= 0.3 is 0 Å². The number of aryl methyl sites for hydroxylation is 1. The number of fused-ring (bicyclic) bond motifs is 1. The zero-order valence-corrected chi connectivity index (χ0v) is 12.9. The molecule has 20 heavy (non-hydrogen) atoms. The average Bonchev–Trinajstić information content (AvgIpc) is 2.77. The van der Waals surface area contributed by atoms with Gasteiger partial charge in [0.2, 0.25) is 0 Å². The highest BCUT2D eigenvalue weighted by atomic mass is 15.1. The van der Waals surface area contributed by atoms with Crippen LogP contribution in [0.3, 0.4) is 0 Å². The molecule has 1 aromatic rings. The van der Waals surface area contributed by atoms with Crippen molar-refractivity contribution in [2.45, 2.75) is 83.2 Å². The molecule has 0 amide bonds. The van der Waals surface area contributed by atoms with Gasteiger partial charge in [0.05, 0.1) is 18.1 Å². The van der Waals surface area contributed by atoms with Crippen LogP contribution in [0, 0.1) is 0 Å². The Hall–Kier alpha value is -0.830. The van der Waals surface area contributed by atoms with E-state index < -0.39 is 0 Å². The molecule has 2 aliphatic carbocycles. The van der Waals surface area contributed by atoms with Crippen LogP contribution in [0.2, 0.25) is 0 Å². The maximum atomic E-state index is 4.71. The molecule has 0 bridgehead atoms. The van der Waals surface area contributed by atoms with E-state index in [1.807, 2.05) is 0 Å². The first-order valence-electron chi connectivity index (χ1n) is 8.68. The van der Waals surface area contributed by atoms with Gasteiger partial charge in [-0.05, 0) is 51.5 Å². The number of imidazole rings is 1. The van der Waals surface area contributed by atoms with E-state index in [9.17, 15) is 0 Å². The largest absolute Gasteiger partial charge is 0.330 e. The summed E-state index contributed by atoms with van der Waals surface area (Å²) in [4.78, 5) is 4.71. The molecule has 1 aromatic heterocycles. The molecule has 2 aliphatic rings. The molecule has 3 heteroatoms. The summed E-state index contributed by atoms with van der Waals surface area (Å²) in [5.74, 6) is 0. The van der Waals surface area contributed by atoms with E-state index in [0.717, 1.165) is 6.54 Å². The predicted octanol–water partition coefficient (Wildman–Crippen LogP) is 3.64. The topological polar surface area (TPSA) is 29.9 Å². The van der Waals surface area contributed by atoms with Crippen LogP contribution in [0.15, 0.2) is 6.33 Å². The summed E-state index contributed by atoms with van der Waals surface area (Å²) in [5, 5.41) is 3.81. The highest BCUT2D eigenvalue weighted by Gasteiger charge is 2.27. The van der Waals surface area contributed by atoms with Crippen molar-refractivity contribution in [3.63, 3.8) is 0 Å². The van der Waals surface area contributed by atoms with Gasteiger partial charge in [-0.2, -0.15) is 0 Å². The van der Waals surface area contributed by atoms with Crippen LogP contribution >= 0.6 is 0 Å². The molecule has 0 aliphatic heterocycles. The number of aromatic nitrogens is 2. The van der Waals surface area contributed by atoms with Gasteiger partial charge in [-0.1, -0.05) is 26.2 Å². The number of hydrogen-bond acceptors (Lipinski definition) is 2. The molecule has 0 radical (unpaired) electrons. The van der Waals surface area contributed by atoms with Crippen molar-refractivity contribution in [1.29, 1.82) is 0 Å². The molecule has 0 spiro atoms. The Bertz CT molecular complexity index is 424. The minimum Gasteiger partial charge on any atom is -0.330 e. The summed E-state index contributed by atoms with van der Waals surface area (Å²) in [6.45, 7) is 3.41. The predicted molar refractivity (Wildman–Crippen MR) is 83.1 cm³/mol. The third-order valence-corrected chi connectivity index (χ3v) is 5.05. The minimum absolute atomic E-state index is 0.637. The Labute approximate surface area is 123 Å². The van der Waals surface area contributed by atoms with E-state index in [-0.39, 0.29) is 0 Å². The van der Waals surface area contributed by atoms with Gasteiger partial charge in [-0.25, -0.2) is 4.98 Å². The van der Waals surface area contributed by atoms with Crippen molar-refractivity contribution in [1.82, 2.24) is 14.9 Å². The van der Waals surface area contributed by atoms with Gasteiger partial charge in [0.15, 0.2) is 0 Å². The molecule has 2 unspecified atom stereocenters. The van der Waals surface area contributed by atoms with Crippen LogP contribution in [0.1, 0.15) is 75.7 Å². The van der Waals surface area contributed by atoms with Gasteiger partial charge in [0, 0.05) is 11.7 Å². The Morgan fingerprint density at radius 3 is 2.90 bits per heavy atom. The molecule has 1 fully saturated rings. The van der Waals surface area contributed by atoms with E-state index in [1.165, 1.54) is 69.9 Å². The zero-order chi connectivity index (χ0) is 13.8. The lowest BCUT2D eigenvalue weighted by Gasteiger charge is -2.29. The van der Waals surface area contributed by atoms with Crippen LogP contribution in [-0.2, 0) is 12.8 Å². The quantitative estimate of drug-likeness (QED) is 0.850. The first kappa shape index (κ1) is 14.1. The van der Waals surface area contributed by atoms with Crippen molar-refractivity contribution in [2.24, 2.45) is 0 Å². The monoisotopic (exact) mass is 275 g/mol. The first-order valence-corrected chi connectivity index (χ1v) is 8.68. The van der Waals surface area contributed by atoms with Gasteiger partial charge in [0.1, 0.15) is 0 Å². The minimum atomic E-state index is 0.637.